The first-order chi connectivity index (χ1) is 6.55. The molecule has 0 aliphatic heterocycles. The van der Waals surface area contributed by atoms with Crippen LogP contribution in [-0.2, 0) is 5.41 Å². The van der Waals surface area contributed by atoms with Gasteiger partial charge in [-0.15, -0.1) is 0 Å². The fourth-order valence-electron chi connectivity index (χ4n) is 1.23. The standard InChI is InChI=1S/C9H12F2N2O/c1-9(4-12,5-14)8-6(10)2-13-3-7(8)11/h2-3,14H,4-5,12H2,1H3. The second-order valence-electron chi connectivity index (χ2n) is 3.40. The van der Waals surface area contributed by atoms with Crippen LogP contribution in [-0.4, -0.2) is 23.2 Å². The SMILES string of the molecule is CC(CN)(CO)c1c(F)cncc1F. The topological polar surface area (TPSA) is 59.1 Å². The van der Waals surface area contributed by atoms with E-state index in [2.05, 4.69) is 4.98 Å². The summed E-state index contributed by atoms with van der Waals surface area (Å²) in [4.78, 5) is 3.35. The third kappa shape index (κ3) is 1.73. The molecule has 1 rings (SSSR count). The van der Waals surface area contributed by atoms with E-state index in [0.717, 1.165) is 12.4 Å². The lowest BCUT2D eigenvalue weighted by Gasteiger charge is -2.26. The van der Waals surface area contributed by atoms with Gasteiger partial charge in [0.2, 0.25) is 0 Å². The van der Waals surface area contributed by atoms with Gasteiger partial charge in [-0.3, -0.25) is 4.98 Å². The predicted octanol–water partition coefficient (Wildman–Crippen LogP) is 0.569. The Kier molecular flexibility index (Phi) is 3.13. The minimum Gasteiger partial charge on any atom is -0.395 e. The molecule has 0 aliphatic rings. The normalized spacial score (nSPS) is 15.2. The van der Waals surface area contributed by atoms with Crippen LogP contribution >= 0.6 is 0 Å². The van der Waals surface area contributed by atoms with Crippen LogP contribution < -0.4 is 5.73 Å². The van der Waals surface area contributed by atoms with Crippen LogP contribution in [0.15, 0.2) is 12.4 Å². The Labute approximate surface area is 80.6 Å². The summed E-state index contributed by atoms with van der Waals surface area (Å²) in [6.07, 6.45) is 1.81. The van der Waals surface area contributed by atoms with Gasteiger partial charge in [0.1, 0.15) is 11.6 Å². The Morgan fingerprint density at radius 2 is 1.93 bits per heavy atom. The molecule has 0 radical (unpaired) electrons. The number of hydrogen-bond acceptors (Lipinski definition) is 3. The molecule has 0 saturated heterocycles. The summed E-state index contributed by atoms with van der Waals surface area (Å²) >= 11 is 0. The van der Waals surface area contributed by atoms with Gasteiger partial charge in [-0.25, -0.2) is 8.78 Å². The molecule has 1 unspecified atom stereocenters. The lowest BCUT2D eigenvalue weighted by Crippen LogP contribution is -2.37. The van der Waals surface area contributed by atoms with Crippen LogP contribution in [0.4, 0.5) is 8.78 Å². The van der Waals surface area contributed by atoms with E-state index in [1.54, 1.807) is 0 Å². The third-order valence-corrected chi connectivity index (χ3v) is 2.26. The molecule has 78 valence electrons. The molecule has 0 aliphatic carbocycles. The molecule has 14 heavy (non-hydrogen) atoms. The fraction of sp³-hybridized carbons (Fsp3) is 0.444. The molecule has 0 amide bonds. The highest BCUT2D eigenvalue weighted by Crippen LogP contribution is 2.26. The van der Waals surface area contributed by atoms with Crippen LogP contribution in [0, 0.1) is 11.6 Å². The molecule has 1 aromatic heterocycles. The first kappa shape index (κ1) is 11.0. The molecule has 0 bridgehead atoms. The summed E-state index contributed by atoms with van der Waals surface area (Å²) in [7, 11) is 0. The molecule has 0 spiro atoms. The molecule has 0 aromatic carbocycles. The number of rotatable bonds is 3. The minimum atomic E-state index is -1.10. The predicted molar refractivity (Wildman–Crippen MR) is 47.6 cm³/mol. The van der Waals surface area contributed by atoms with Gasteiger partial charge in [-0.2, -0.15) is 0 Å². The number of aliphatic hydroxyl groups excluding tert-OH is 1. The second kappa shape index (κ2) is 3.98. The highest BCUT2D eigenvalue weighted by Gasteiger charge is 2.30. The molecular weight excluding hydrogens is 190 g/mol. The van der Waals surface area contributed by atoms with Gasteiger partial charge in [0.25, 0.3) is 0 Å². The van der Waals surface area contributed by atoms with E-state index in [4.69, 9.17) is 10.8 Å². The van der Waals surface area contributed by atoms with E-state index < -0.39 is 23.7 Å². The molecule has 1 atom stereocenters. The van der Waals surface area contributed by atoms with Crippen molar-refractivity contribution in [3.63, 3.8) is 0 Å². The Balaban J connectivity index is 3.29. The van der Waals surface area contributed by atoms with E-state index in [1.807, 2.05) is 0 Å². The van der Waals surface area contributed by atoms with E-state index >= 15 is 0 Å². The molecule has 3 N–H and O–H groups in total. The number of nitrogens with two attached hydrogens (primary N) is 1. The Morgan fingerprint density at radius 1 is 1.43 bits per heavy atom. The van der Waals surface area contributed by atoms with Gasteiger partial charge >= 0.3 is 0 Å². The molecule has 0 saturated carbocycles. The molecule has 1 aromatic rings. The van der Waals surface area contributed by atoms with E-state index in [0.29, 0.717) is 0 Å². The average molecular weight is 202 g/mol. The number of nitrogens with zero attached hydrogens (tertiary/aromatic N) is 1. The summed E-state index contributed by atoms with van der Waals surface area (Å²) in [5.74, 6) is -1.57. The zero-order chi connectivity index (χ0) is 10.8. The van der Waals surface area contributed by atoms with Crippen LogP contribution in [0.2, 0.25) is 0 Å². The quantitative estimate of drug-likeness (QED) is 0.753. The highest BCUT2D eigenvalue weighted by molar-refractivity contribution is 5.26. The molecule has 5 heteroatoms. The van der Waals surface area contributed by atoms with Crippen molar-refractivity contribution in [2.24, 2.45) is 5.73 Å². The van der Waals surface area contributed by atoms with Gasteiger partial charge in [0, 0.05) is 17.5 Å². The van der Waals surface area contributed by atoms with Crippen LogP contribution in [0.5, 0.6) is 0 Å². The molecule has 0 fully saturated rings. The van der Waals surface area contributed by atoms with Crippen molar-refractivity contribution >= 4 is 0 Å². The maximum Gasteiger partial charge on any atom is 0.148 e. The van der Waals surface area contributed by atoms with Crippen LogP contribution in [0.1, 0.15) is 12.5 Å². The first-order valence-electron chi connectivity index (χ1n) is 4.15. The van der Waals surface area contributed by atoms with Gasteiger partial charge in [-0.1, -0.05) is 6.92 Å². The second-order valence-corrected chi connectivity index (χ2v) is 3.40. The third-order valence-electron chi connectivity index (χ3n) is 2.26. The minimum absolute atomic E-state index is 0.0403. The monoisotopic (exact) mass is 202 g/mol. The van der Waals surface area contributed by atoms with Crippen molar-refractivity contribution in [2.45, 2.75) is 12.3 Å². The zero-order valence-corrected chi connectivity index (χ0v) is 7.80. The summed E-state index contributed by atoms with van der Waals surface area (Å²) in [6, 6.07) is 0. The lowest BCUT2D eigenvalue weighted by atomic mass is 9.83. The van der Waals surface area contributed by atoms with Crippen LogP contribution in [0.25, 0.3) is 0 Å². The number of halogens is 2. The van der Waals surface area contributed by atoms with Crippen LogP contribution in [0.3, 0.4) is 0 Å². The number of aliphatic hydroxyl groups is 1. The smallest absolute Gasteiger partial charge is 0.148 e. The highest BCUT2D eigenvalue weighted by atomic mass is 19.1. The Bertz CT molecular complexity index is 306. The number of aromatic nitrogens is 1. The van der Waals surface area contributed by atoms with Crippen molar-refractivity contribution in [2.75, 3.05) is 13.2 Å². The Morgan fingerprint density at radius 3 is 2.29 bits per heavy atom. The van der Waals surface area contributed by atoms with Gasteiger partial charge < -0.3 is 10.8 Å². The van der Waals surface area contributed by atoms with Gasteiger partial charge in [-0.05, 0) is 0 Å². The Hall–Kier alpha value is -1.07. The number of pyridine rings is 1. The van der Waals surface area contributed by atoms with Crippen molar-refractivity contribution < 1.29 is 13.9 Å². The first-order valence-corrected chi connectivity index (χ1v) is 4.15. The molecule has 3 nitrogen and oxygen atoms in total. The number of hydrogen-bond donors (Lipinski definition) is 2. The van der Waals surface area contributed by atoms with Crippen molar-refractivity contribution in [3.05, 3.63) is 29.6 Å². The van der Waals surface area contributed by atoms with Crippen molar-refractivity contribution in [3.8, 4) is 0 Å². The summed E-state index contributed by atoms with van der Waals surface area (Å²) < 4.78 is 26.5. The maximum absolute atomic E-state index is 13.3. The summed E-state index contributed by atoms with van der Waals surface area (Å²) in [6.45, 7) is 1.04. The average Bonchev–Trinajstić information content (AvgIpc) is 2.17. The summed E-state index contributed by atoms with van der Waals surface area (Å²) in [5.41, 5.74) is 4.06. The van der Waals surface area contributed by atoms with Crippen molar-refractivity contribution in [1.29, 1.82) is 0 Å². The summed E-state index contributed by atoms with van der Waals surface area (Å²) in [5, 5.41) is 9.05. The zero-order valence-electron chi connectivity index (χ0n) is 7.80. The fourth-order valence-corrected chi connectivity index (χ4v) is 1.23. The van der Waals surface area contributed by atoms with Crippen molar-refractivity contribution in [1.82, 2.24) is 4.98 Å². The van der Waals surface area contributed by atoms with Gasteiger partial charge in [0.05, 0.1) is 19.0 Å². The molecular formula is C9H12F2N2O. The van der Waals surface area contributed by atoms with Gasteiger partial charge in [0.15, 0.2) is 0 Å². The van der Waals surface area contributed by atoms with E-state index in [9.17, 15) is 8.78 Å². The molecule has 1 heterocycles. The van der Waals surface area contributed by atoms with E-state index in [1.165, 1.54) is 6.92 Å². The van der Waals surface area contributed by atoms with E-state index in [-0.39, 0.29) is 12.1 Å². The lowest BCUT2D eigenvalue weighted by molar-refractivity contribution is 0.202. The largest absolute Gasteiger partial charge is 0.395 e. The maximum atomic E-state index is 13.3.